The first kappa shape index (κ1) is 12.3. The van der Waals surface area contributed by atoms with Crippen molar-refractivity contribution in [1.29, 1.82) is 0 Å². The second kappa shape index (κ2) is 6.67. The van der Waals surface area contributed by atoms with Crippen LogP contribution in [-0.4, -0.2) is 47.0 Å². The normalized spacial score (nSPS) is 18.6. The molecule has 1 aliphatic rings. The summed E-state index contributed by atoms with van der Waals surface area (Å²) in [6.07, 6.45) is 2.65. The van der Waals surface area contributed by atoms with E-state index in [-0.39, 0.29) is 0 Å². The van der Waals surface area contributed by atoms with E-state index in [0.29, 0.717) is 0 Å². The zero-order valence-electron chi connectivity index (χ0n) is 9.14. The molecule has 0 aliphatic carbocycles. The van der Waals surface area contributed by atoms with Gasteiger partial charge >= 0.3 is 0 Å². The zero-order valence-corrected chi connectivity index (χ0v) is 11.3. The average molecular weight is 308 g/mol. The summed E-state index contributed by atoms with van der Waals surface area (Å²) in [7, 11) is 0. The molecule has 1 heterocycles. The summed E-state index contributed by atoms with van der Waals surface area (Å²) in [5.41, 5.74) is 1.29. The molecule has 1 saturated heterocycles. The van der Waals surface area contributed by atoms with Crippen LogP contribution in [0.25, 0.3) is 0 Å². The molecule has 0 unspecified atom stereocenters. The summed E-state index contributed by atoms with van der Waals surface area (Å²) < 4.78 is 1.06. The molecule has 2 nitrogen and oxygen atoms in total. The fourth-order valence-electron chi connectivity index (χ4n) is 1.75. The van der Waals surface area contributed by atoms with Crippen LogP contribution in [0, 0.1) is 0 Å². The first-order valence-corrected chi connectivity index (χ1v) is 7.01. The Bertz CT molecular complexity index is 174. The van der Waals surface area contributed by atoms with Crippen molar-refractivity contribution in [2.24, 2.45) is 0 Å². The monoisotopic (exact) mass is 308 g/mol. The van der Waals surface area contributed by atoms with Crippen LogP contribution in [0.5, 0.6) is 0 Å². The largest absolute Gasteiger partial charge is 0.372 e. The maximum Gasteiger partial charge on any atom is 0.0391 e. The first-order chi connectivity index (χ1) is 6.77. The lowest BCUT2D eigenvalue weighted by Crippen LogP contribution is -2.46. The molecule has 0 radical (unpaired) electrons. The van der Waals surface area contributed by atoms with Gasteiger partial charge in [0.1, 0.15) is 0 Å². The molecule has 1 aliphatic heterocycles. The van der Waals surface area contributed by atoms with Crippen LogP contribution < -0.4 is 0 Å². The Kier molecular flexibility index (Phi) is 5.86. The molecule has 0 amide bonds. The summed E-state index contributed by atoms with van der Waals surface area (Å²) >= 11 is 2.39. The van der Waals surface area contributed by atoms with Crippen molar-refractivity contribution < 1.29 is 0 Å². The number of allylic oxidation sites excluding steroid dienone is 1. The van der Waals surface area contributed by atoms with Gasteiger partial charge in [0, 0.05) is 36.3 Å². The van der Waals surface area contributed by atoms with Gasteiger partial charge in [-0.05, 0) is 13.0 Å². The molecular formula is C11H21IN2. The molecule has 0 aromatic rings. The average Bonchev–Trinajstić information content (AvgIpc) is 2.26. The number of halogens is 1. The minimum absolute atomic E-state index is 1.06. The van der Waals surface area contributed by atoms with Crippen LogP contribution in [-0.2, 0) is 0 Å². The van der Waals surface area contributed by atoms with Crippen LogP contribution in [0.15, 0.2) is 12.3 Å². The van der Waals surface area contributed by atoms with Gasteiger partial charge in [0.25, 0.3) is 0 Å². The van der Waals surface area contributed by atoms with Crippen molar-refractivity contribution in [2.45, 2.75) is 19.8 Å². The molecule has 0 aromatic heterocycles. The smallest absolute Gasteiger partial charge is 0.0391 e. The fourth-order valence-corrected chi connectivity index (χ4v) is 2.24. The summed E-state index contributed by atoms with van der Waals surface area (Å²) in [6, 6.07) is 0. The lowest BCUT2D eigenvalue weighted by atomic mass is 10.2. The molecule has 0 saturated carbocycles. The molecule has 1 fully saturated rings. The molecule has 0 N–H and O–H groups in total. The summed E-state index contributed by atoms with van der Waals surface area (Å²) in [5, 5.41) is 0. The van der Waals surface area contributed by atoms with Crippen LogP contribution in [0.1, 0.15) is 19.8 Å². The highest BCUT2D eigenvalue weighted by Crippen LogP contribution is 2.10. The van der Waals surface area contributed by atoms with Gasteiger partial charge in [-0.1, -0.05) is 42.5 Å². The fraction of sp³-hybridized carbons (Fsp3) is 0.818. The Hall–Kier alpha value is 0.230. The molecule has 0 spiro atoms. The van der Waals surface area contributed by atoms with E-state index < -0.39 is 0 Å². The Labute approximate surface area is 101 Å². The molecule has 0 aromatic carbocycles. The van der Waals surface area contributed by atoms with Crippen molar-refractivity contribution in [1.82, 2.24) is 9.80 Å². The highest BCUT2D eigenvalue weighted by atomic mass is 127. The summed E-state index contributed by atoms with van der Waals surface area (Å²) in [5.74, 6) is 0. The van der Waals surface area contributed by atoms with Gasteiger partial charge < -0.3 is 4.90 Å². The van der Waals surface area contributed by atoms with Crippen LogP contribution >= 0.6 is 22.6 Å². The Morgan fingerprint density at radius 3 is 2.43 bits per heavy atom. The maximum atomic E-state index is 4.08. The van der Waals surface area contributed by atoms with E-state index in [2.05, 4.69) is 45.9 Å². The van der Waals surface area contributed by atoms with E-state index in [9.17, 15) is 0 Å². The maximum absolute atomic E-state index is 4.08. The standard InChI is InChI=1S/C11H21IN2/c1-3-4-5-13-6-8-14(9-7-13)11(2)10-12/h2-10H2,1H3. The van der Waals surface area contributed by atoms with E-state index in [0.717, 1.165) is 4.43 Å². The van der Waals surface area contributed by atoms with Crippen LogP contribution in [0.3, 0.4) is 0 Å². The first-order valence-electron chi connectivity index (χ1n) is 5.49. The van der Waals surface area contributed by atoms with Gasteiger partial charge in [-0.2, -0.15) is 0 Å². The predicted octanol–water partition coefficient (Wildman–Crippen LogP) is 2.35. The molecule has 82 valence electrons. The van der Waals surface area contributed by atoms with Crippen molar-refractivity contribution in [3.63, 3.8) is 0 Å². The molecule has 1 rings (SSSR count). The third kappa shape index (κ3) is 3.77. The van der Waals surface area contributed by atoms with Gasteiger partial charge in [-0.3, -0.25) is 4.90 Å². The minimum Gasteiger partial charge on any atom is -0.372 e. The Balaban J connectivity index is 2.20. The summed E-state index contributed by atoms with van der Waals surface area (Å²) in [4.78, 5) is 5.00. The number of hydrogen-bond acceptors (Lipinski definition) is 2. The minimum atomic E-state index is 1.06. The van der Waals surface area contributed by atoms with Gasteiger partial charge in [-0.25, -0.2) is 0 Å². The lowest BCUT2D eigenvalue weighted by molar-refractivity contribution is 0.158. The molecular weight excluding hydrogens is 287 g/mol. The molecule has 0 bridgehead atoms. The SMILES string of the molecule is C=C(CI)N1CCN(CCCC)CC1. The second-order valence-corrected chi connectivity index (χ2v) is 4.64. The van der Waals surface area contributed by atoms with E-state index in [4.69, 9.17) is 0 Å². The van der Waals surface area contributed by atoms with Crippen molar-refractivity contribution >= 4 is 22.6 Å². The molecule has 3 heteroatoms. The van der Waals surface area contributed by atoms with Gasteiger partial charge in [-0.15, -0.1) is 0 Å². The zero-order chi connectivity index (χ0) is 10.4. The number of nitrogens with zero attached hydrogens (tertiary/aromatic N) is 2. The highest BCUT2D eigenvalue weighted by molar-refractivity contribution is 14.1. The van der Waals surface area contributed by atoms with Gasteiger partial charge in [0.15, 0.2) is 0 Å². The van der Waals surface area contributed by atoms with E-state index >= 15 is 0 Å². The molecule has 0 atom stereocenters. The van der Waals surface area contributed by atoms with Crippen molar-refractivity contribution in [3.8, 4) is 0 Å². The van der Waals surface area contributed by atoms with Crippen LogP contribution in [0.2, 0.25) is 0 Å². The quantitative estimate of drug-likeness (QED) is 0.568. The van der Waals surface area contributed by atoms with Crippen LogP contribution in [0.4, 0.5) is 0 Å². The number of piperazine rings is 1. The van der Waals surface area contributed by atoms with E-state index in [1.165, 1.54) is 51.3 Å². The van der Waals surface area contributed by atoms with Gasteiger partial charge in [0.2, 0.25) is 0 Å². The highest BCUT2D eigenvalue weighted by Gasteiger charge is 2.16. The Morgan fingerprint density at radius 2 is 1.93 bits per heavy atom. The Morgan fingerprint density at radius 1 is 1.29 bits per heavy atom. The number of alkyl halides is 1. The summed E-state index contributed by atoms with van der Waals surface area (Å²) in [6.45, 7) is 12.4. The second-order valence-electron chi connectivity index (χ2n) is 3.88. The van der Waals surface area contributed by atoms with Gasteiger partial charge in [0.05, 0.1) is 0 Å². The van der Waals surface area contributed by atoms with E-state index in [1.807, 2.05) is 0 Å². The third-order valence-electron chi connectivity index (χ3n) is 2.80. The topological polar surface area (TPSA) is 6.48 Å². The molecule has 14 heavy (non-hydrogen) atoms. The number of unbranched alkanes of at least 4 members (excludes halogenated alkanes) is 1. The van der Waals surface area contributed by atoms with E-state index in [1.54, 1.807) is 0 Å². The lowest BCUT2D eigenvalue weighted by Gasteiger charge is -2.36. The number of rotatable bonds is 5. The number of hydrogen-bond donors (Lipinski definition) is 0. The predicted molar refractivity (Wildman–Crippen MR) is 70.9 cm³/mol. The third-order valence-corrected chi connectivity index (χ3v) is 3.68. The van der Waals surface area contributed by atoms with Crippen molar-refractivity contribution in [3.05, 3.63) is 12.3 Å². The van der Waals surface area contributed by atoms with Crippen molar-refractivity contribution in [2.75, 3.05) is 37.2 Å².